The summed E-state index contributed by atoms with van der Waals surface area (Å²) < 4.78 is 21.1. The van der Waals surface area contributed by atoms with E-state index in [0.717, 1.165) is 11.1 Å². The van der Waals surface area contributed by atoms with E-state index in [1.807, 2.05) is 18.2 Å². The highest BCUT2D eigenvalue weighted by molar-refractivity contribution is 5.90. The number of ether oxygens (including phenoxy) is 4. The fourth-order valence-corrected chi connectivity index (χ4v) is 2.65. The number of benzene rings is 2. The van der Waals surface area contributed by atoms with Crippen molar-refractivity contribution in [2.24, 2.45) is 0 Å². The van der Waals surface area contributed by atoms with Crippen LogP contribution in [-0.2, 0) is 20.9 Å². The van der Waals surface area contributed by atoms with Gasteiger partial charge in [0.05, 0.1) is 0 Å². The second-order valence-corrected chi connectivity index (χ2v) is 6.49. The molecule has 2 aromatic rings. The average Bonchev–Trinajstić information content (AvgIpc) is 3.23. The predicted octanol–water partition coefficient (Wildman–Crippen LogP) is 3.24. The molecule has 2 aromatic carbocycles. The molecule has 1 aliphatic heterocycles. The van der Waals surface area contributed by atoms with Gasteiger partial charge in [-0.15, -0.1) is 0 Å². The van der Waals surface area contributed by atoms with E-state index in [9.17, 15) is 9.59 Å². The van der Waals surface area contributed by atoms with Gasteiger partial charge in [-0.2, -0.15) is 0 Å². The molecule has 1 amide bonds. The van der Waals surface area contributed by atoms with Crippen molar-refractivity contribution in [3.63, 3.8) is 0 Å². The molecule has 1 atom stereocenters. The lowest BCUT2D eigenvalue weighted by molar-refractivity contribution is -0.150. The number of esters is 1. The number of carbonyl (C=O) groups excluding carboxylic acids is 2. The molecular weight excluding hydrogens is 386 g/mol. The van der Waals surface area contributed by atoms with Gasteiger partial charge in [-0.1, -0.05) is 30.9 Å². The first-order chi connectivity index (χ1) is 14.5. The molecule has 1 heterocycles. The van der Waals surface area contributed by atoms with E-state index in [1.54, 1.807) is 36.4 Å². The topological polar surface area (TPSA) is 83.1 Å². The van der Waals surface area contributed by atoms with Gasteiger partial charge in [-0.05, 0) is 48.4 Å². The quantitative estimate of drug-likeness (QED) is 0.389. The molecule has 0 spiro atoms. The molecule has 7 heteroatoms. The molecule has 0 saturated heterocycles. The van der Waals surface area contributed by atoms with Crippen LogP contribution >= 0.6 is 0 Å². The highest BCUT2D eigenvalue weighted by Gasteiger charge is 2.17. The Labute approximate surface area is 174 Å². The Bertz CT molecular complexity index is 935. The van der Waals surface area contributed by atoms with E-state index in [-0.39, 0.29) is 13.3 Å². The molecule has 0 aromatic heterocycles. The van der Waals surface area contributed by atoms with E-state index in [2.05, 4.69) is 11.9 Å². The summed E-state index contributed by atoms with van der Waals surface area (Å²) in [5, 5.41) is 2.73. The van der Waals surface area contributed by atoms with Crippen molar-refractivity contribution in [3.8, 4) is 17.2 Å². The van der Waals surface area contributed by atoms with Crippen LogP contribution in [0.25, 0.3) is 6.08 Å². The molecule has 0 aliphatic carbocycles. The van der Waals surface area contributed by atoms with Gasteiger partial charge in [0.1, 0.15) is 12.4 Å². The summed E-state index contributed by atoms with van der Waals surface area (Å²) in [6.45, 7) is 6.02. The summed E-state index contributed by atoms with van der Waals surface area (Å²) in [5.41, 5.74) is 1.66. The van der Waals surface area contributed by atoms with Gasteiger partial charge in [-0.3, -0.25) is 4.79 Å². The number of hydrogen-bond donors (Lipinski definition) is 1. The predicted molar refractivity (Wildman–Crippen MR) is 111 cm³/mol. The second-order valence-electron chi connectivity index (χ2n) is 6.49. The van der Waals surface area contributed by atoms with Crippen LogP contribution in [0.4, 0.5) is 0 Å². The Morgan fingerprint density at radius 2 is 1.93 bits per heavy atom. The average molecular weight is 409 g/mol. The Kier molecular flexibility index (Phi) is 7.10. The van der Waals surface area contributed by atoms with Crippen LogP contribution in [0, 0.1) is 0 Å². The van der Waals surface area contributed by atoms with Gasteiger partial charge in [0, 0.05) is 12.6 Å². The summed E-state index contributed by atoms with van der Waals surface area (Å²) in [6.07, 6.45) is 3.62. The Morgan fingerprint density at radius 1 is 1.17 bits per heavy atom. The van der Waals surface area contributed by atoms with Crippen molar-refractivity contribution in [1.82, 2.24) is 5.32 Å². The zero-order chi connectivity index (χ0) is 21.3. The molecule has 30 heavy (non-hydrogen) atoms. The summed E-state index contributed by atoms with van der Waals surface area (Å²) in [6, 6.07) is 12.6. The van der Waals surface area contributed by atoms with Crippen LogP contribution in [0.3, 0.4) is 0 Å². The first-order valence-corrected chi connectivity index (χ1v) is 9.44. The molecule has 7 nitrogen and oxygen atoms in total. The molecule has 0 saturated carbocycles. The zero-order valence-corrected chi connectivity index (χ0v) is 16.6. The fourth-order valence-electron chi connectivity index (χ4n) is 2.65. The summed E-state index contributed by atoms with van der Waals surface area (Å²) in [7, 11) is 0. The van der Waals surface area contributed by atoms with Crippen molar-refractivity contribution < 1.29 is 28.5 Å². The van der Waals surface area contributed by atoms with E-state index >= 15 is 0 Å². The van der Waals surface area contributed by atoms with E-state index < -0.39 is 18.0 Å². The maximum absolute atomic E-state index is 12.2. The van der Waals surface area contributed by atoms with Crippen LogP contribution in [0.2, 0.25) is 0 Å². The van der Waals surface area contributed by atoms with E-state index in [4.69, 9.17) is 18.9 Å². The van der Waals surface area contributed by atoms with Crippen LogP contribution in [0.5, 0.6) is 17.2 Å². The first kappa shape index (κ1) is 21.0. The van der Waals surface area contributed by atoms with Crippen molar-refractivity contribution in [2.45, 2.75) is 19.6 Å². The smallest absolute Gasteiger partial charge is 0.331 e. The number of amides is 1. The number of carbonyl (C=O) groups is 2. The largest absolute Gasteiger partial charge is 0.490 e. The summed E-state index contributed by atoms with van der Waals surface area (Å²) in [5.74, 6) is 1.04. The van der Waals surface area contributed by atoms with Crippen molar-refractivity contribution in [2.75, 3.05) is 13.4 Å². The van der Waals surface area contributed by atoms with Gasteiger partial charge in [0.2, 0.25) is 6.79 Å². The molecule has 0 fully saturated rings. The lowest BCUT2D eigenvalue weighted by atomic mass is 10.2. The summed E-state index contributed by atoms with van der Waals surface area (Å²) >= 11 is 0. The lowest BCUT2D eigenvalue weighted by Gasteiger charge is -2.12. The van der Waals surface area contributed by atoms with E-state index in [1.165, 1.54) is 13.0 Å². The van der Waals surface area contributed by atoms with Gasteiger partial charge >= 0.3 is 5.97 Å². The third-order valence-electron chi connectivity index (χ3n) is 4.23. The number of rotatable bonds is 9. The highest BCUT2D eigenvalue weighted by Crippen LogP contribution is 2.32. The number of hydrogen-bond acceptors (Lipinski definition) is 6. The van der Waals surface area contributed by atoms with Gasteiger partial charge in [0.25, 0.3) is 5.91 Å². The van der Waals surface area contributed by atoms with Crippen LogP contribution in [-0.4, -0.2) is 31.4 Å². The SMILES string of the molecule is C=CCOc1ccc(/C=C/C(=O)OC(C)C(=O)NCc2ccc3c(c2)OCO3)cc1. The Hall–Kier alpha value is -3.74. The normalized spacial score (nSPS) is 13.0. The summed E-state index contributed by atoms with van der Waals surface area (Å²) in [4.78, 5) is 24.2. The molecule has 0 radical (unpaired) electrons. The van der Waals surface area contributed by atoms with Crippen molar-refractivity contribution >= 4 is 18.0 Å². The maximum Gasteiger partial charge on any atom is 0.331 e. The lowest BCUT2D eigenvalue weighted by Crippen LogP contribution is -2.35. The van der Waals surface area contributed by atoms with Crippen molar-refractivity contribution in [1.29, 1.82) is 0 Å². The standard InChI is InChI=1S/C23H23NO6/c1-3-12-27-19-8-4-17(5-9-19)7-11-22(25)30-16(2)23(26)24-14-18-6-10-20-21(13-18)29-15-28-20/h3-11,13,16H,1,12,14-15H2,2H3,(H,24,26)/b11-7+. The molecule has 1 unspecified atom stereocenters. The van der Waals surface area contributed by atoms with E-state index in [0.29, 0.717) is 23.9 Å². The highest BCUT2D eigenvalue weighted by atomic mass is 16.7. The Balaban J connectivity index is 1.44. The molecule has 1 N–H and O–H groups in total. The zero-order valence-electron chi connectivity index (χ0n) is 16.6. The number of fused-ring (bicyclic) bond motifs is 1. The van der Waals surface area contributed by atoms with Crippen LogP contribution in [0.15, 0.2) is 61.2 Å². The maximum atomic E-state index is 12.2. The van der Waals surface area contributed by atoms with Crippen molar-refractivity contribution in [3.05, 3.63) is 72.3 Å². The third kappa shape index (κ3) is 5.88. The van der Waals surface area contributed by atoms with Crippen LogP contribution < -0.4 is 19.5 Å². The monoisotopic (exact) mass is 409 g/mol. The molecule has 0 bridgehead atoms. The van der Waals surface area contributed by atoms with Gasteiger partial charge in [-0.25, -0.2) is 4.79 Å². The first-order valence-electron chi connectivity index (χ1n) is 9.44. The minimum Gasteiger partial charge on any atom is -0.490 e. The minimum atomic E-state index is -0.925. The van der Waals surface area contributed by atoms with Gasteiger partial charge < -0.3 is 24.3 Å². The molecular formula is C23H23NO6. The second kappa shape index (κ2) is 10.2. The molecule has 1 aliphatic rings. The van der Waals surface area contributed by atoms with Crippen LogP contribution in [0.1, 0.15) is 18.1 Å². The van der Waals surface area contributed by atoms with Gasteiger partial charge in [0.15, 0.2) is 17.6 Å². The minimum absolute atomic E-state index is 0.193. The third-order valence-corrected chi connectivity index (χ3v) is 4.23. The number of nitrogens with one attached hydrogen (secondary N) is 1. The fraction of sp³-hybridized carbons (Fsp3) is 0.217. The molecule has 3 rings (SSSR count). The Morgan fingerprint density at radius 3 is 2.70 bits per heavy atom. The molecule has 156 valence electrons.